The number of ketones is 1. The number of carbonyl (C=O) groups is 1. The lowest BCUT2D eigenvalue weighted by atomic mass is 9.77. The topological polar surface area (TPSA) is 26.3 Å². The van der Waals surface area contributed by atoms with Crippen LogP contribution >= 0.6 is 15.9 Å². The Morgan fingerprint density at radius 3 is 2.89 bits per heavy atom. The Morgan fingerprint density at radius 1 is 1.42 bits per heavy atom. The first-order chi connectivity index (χ1) is 9.15. The molecule has 2 atom stereocenters. The maximum atomic E-state index is 12.7. The molecule has 2 unspecified atom stereocenters. The van der Waals surface area contributed by atoms with E-state index >= 15 is 0 Å². The largest absolute Gasteiger partial charge is 0.497 e. The van der Waals surface area contributed by atoms with Crippen LogP contribution in [0.5, 0.6) is 5.75 Å². The number of hydrogen-bond donors (Lipinski definition) is 0. The summed E-state index contributed by atoms with van der Waals surface area (Å²) in [6.07, 6.45) is 5.71. The van der Waals surface area contributed by atoms with Gasteiger partial charge >= 0.3 is 0 Å². The summed E-state index contributed by atoms with van der Waals surface area (Å²) < 4.78 is 6.09. The van der Waals surface area contributed by atoms with Gasteiger partial charge < -0.3 is 4.74 Å². The summed E-state index contributed by atoms with van der Waals surface area (Å²) in [6.45, 7) is 2.22. The number of ether oxygens (including phenoxy) is 1. The van der Waals surface area contributed by atoms with Crippen molar-refractivity contribution in [1.29, 1.82) is 0 Å². The van der Waals surface area contributed by atoms with Gasteiger partial charge in [-0.25, -0.2) is 0 Å². The first kappa shape index (κ1) is 14.6. The minimum absolute atomic E-state index is 0.183. The first-order valence-corrected chi connectivity index (χ1v) is 7.82. The smallest absolute Gasteiger partial charge is 0.167 e. The quantitative estimate of drug-likeness (QED) is 0.739. The maximum Gasteiger partial charge on any atom is 0.167 e. The molecule has 0 saturated heterocycles. The van der Waals surface area contributed by atoms with E-state index in [1.54, 1.807) is 7.11 Å². The summed E-state index contributed by atoms with van der Waals surface area (Å²) in [7, 11) is 1.63. The van der Waals surface area contributed by atoms with Crippen molar-refractivity contribution in [3.63, 3.8) is 0 Å². The van der Waals surface area contributed by atoms with Gasteiger partial charge in [-0.3, -0.25) is 4.79 Å². The average Bonchev–Trinajstić information content (AvgIpc) is 2.47. The van der Waals surface area contributed by atoms with Crippen molar-refractivity contribution in [2.45, 2.75) is 39.0 Å². The third-order valence-corrected chi connectivity index (χ3v) is 4.86. The van der Waals surface area contributed by atoms with Gasteiger partial charge in [0.25, 0.3) is 0 Å². The summed E-state index contributed by atoms with van der Waals surface area (Å²) in [5, 5.41) is 0. The van der Waals surface area contributed by atoms with E-state index in [9.17, 15) is 4.79 Å². The van der Waals surface area contributed by atoms with Gasteiger partial charge in [-0.1, -0.05) is 42.1 Å². The molecule has 1 saturated carbocycles. The molecule has 0 aliphatic heterocycles. The summed E-state index contributed by atoms with van der Waals surface area (Å²) >= 11 is 3.48. The Morgan fingerprint density at radius 2 is 2.21 bits per heavy atom. The molecular formula is C16H21BrO2. The fourth-order valence-corrected chi connectivity index (χ4v) is 3.38. The summed E-state index contributed by atoms with van der Waals surface area (Å²) in [4.78, 5) is 12.7. The van der Waals surface area contributed by atoms with E-state index in [0.717, 1.165) is 28.6 Å². The van der Waals surface area contributed by atoms with E-state index in [4.69, 9.17) is 4.74 Å². The molecular weight excluding hydrogens is 304 g/mol. The number of carbonyl (C=O) groups excluding carboxylic acids is 1. The van der Waals surface area contributed by atoms with Crippen LogP contribution in [0.4, 0.5) is 0 Å². The van der Waals surface area contributed by atoms with E-state index < -0.39 is 0 Å². The van der Waals surface area contributed by atoms with Gasteiger partial charge in [0.1, 0.15) is 5.75 Å². The van der Waals surface area contributed by atoms with E-state index in [2.05, 4.69) is 22.9 Å². The fourth-order valence-electron chi connectivity index (χ4n) is 2.94. The van der Waals surface area contributed by atoms with Crippen LogP contribution in [0.25, 0.3) is 0 Å². The second kappa shape index (κ2) is 6.56. The Balaban J connectivity index is 2.18. The molecule has 0 heterocycles. The van der Waals surface area contributed by atoms with Crippen LogP contribution in [0, 0.1) is 11.8 Å². The molecule has 104 valence electrons. The Kier molecular flexibility index (Phi) is 5.03. The molecule has 19 heavy (non-hydrogen) atoms. The lowest BCUT2D eigenvalue weighted by Crippen LogP contribution is -2.23. The van der Waals surface area contributed by atoms with E-state index in [1.165, 1.54) is 19.3 Å². The first-order valence-electron chi connectivity index (χ1n) is 7.03. The normalized spacial score (nSPS) is 23.1. The van der Waals surface area contributed by atoms with Gasteiger partial charge in [-0.05, 0) is 37.0 Å². The van der Waals surface area contributed by atoms with Crippen molar-refractivity contribution in [1.82, 2.24) is 0 Å². The van der Waals surface area contributed by atoms with Gasteiger partial charge in [0, 0.05) is 16.0 Å². The predicted octanol–water partition coefficient (Wildman–Crippen LogP) is 4.86. The number of rotatable bonds is 4. The maximum absolute atomic E-state index is 12.7. The van der Waals surface area contributed by atoms with E-state index in [-0.39, 0.29) is 11.7 Å². The summed E-state index contributed by atoms with van der Waals surface area (Å²) in [5.74, 6) is 1.91. The third kappa shape index (κ3) is 3.38. The van der Waals surface area contributed by atoms with Crippen molar-refractivity contribution in [2.75, 3.05) is 7.11 Å². The van der Waals surface area contributed by atoms with Crippen molar-refractivity contribution in [3.05, 3.63) is 28.2 Å². The minimum atomic E-state index is 0.183. The monoisotopic (exact) mass is 324 g/mol. The Hall–Kier alpha value is -0.830. The van der Waals surface area contributed by atoms with Crippen LogP contribution in [0.15, 0.2) is 22.7 Å². The van der Waals surface area contributed by atoms with Gasteiger partial charge in [0.15, 0.2) is 5.78 Å². The average molecular weight is 325 g/mol. The van der Waals surface area contributed by atoms with Gasteiger partial charge in [0.2, 0.25) is 0 Å². The highest BCUT2D eigenvalue weighted by Gasteiger charge is 2.28. The van der Waals surface area contributed by atoms with Gasteiger partial charge in [-0.2, -0.15) is 0 Å². The van der Waals surface area contributed by atoms with Gasteiger partial charge in [0.05, 0.1) is 7.11 Å². The second-order valence-electron chi connectivity index (χ2n) is 5.35. The highest BCUT2D eigenvalue weighted by atomic mass is 79.9. The Labute approximate surface area is 123 Å². The standard InChI is InChI=1S/C16H21BrO2/c1-3-11-5-4-6-12(9-11)16(18)14-10-13(19-2)7-8-15(14)17/h7-8,10-12H,3-6,9H2,1-2H3. The van der Waals surface area contributed by atoms with Gasteiger partial charge in [-0.15, -0.1) is 0 Å². The SMILES string of the molecule is CCC1CCCC(C(=O)c2cc(OC)ccc2Br)C1. The molecule has 1 aliphatic rings. The molecule has 1 fully saturated rings. The van der Waals surface area contributed by atoms with Crippen LogP contribution in [0.2, 0.25) is 0 Å². The number of Topliss-reactive ketones (excluding diaryl/α,β-unsaturated/α-hetero) is 1. The van der Waals surface area contributed by atoms with Crippen LogP contribution in [-0.4, -0.2) is 12.9 Å². The number of methoxy groups -OCH3 is 1. The molecule has 0 radical (unpaired) electrons. The highest BCUT2D eigenvalue weighted by Crippen LogP contribution is 2.35. The number of halogens is 1. The highest BCUT2D eigenvalue weighted by molar-refractivity contribution is 9.10. The molecule has 1 aliphatic carbocycles. The Bertz CT molecular complexity index is 456. The molecule has 0 bridgehead atoms. The third-order valence-electron chi connectivity index (χ3n) is 4.17. The zero-order chi connectivity index (χ0) is 13.8. The van der Waals surface area contributed by atoms with Crippen LogP contribution in [-0.2, 0) is 0 Å². The van der Waals surface area contributed by atoms with Crippen molar-refractivity contribution in [3.8, 4) is 5.75 Å². The van der Waals surface area contributed by atoms with E-state index in [1.807, 2.05) is 18.2 Å². The zero-order valence-electron chi connectivity index (χ0n) is 11.6. The predicted molar refractivity (Wildman–Crippen MR) is 80.8 cm³/mol. The zero-order valence-corrected chi connectivity index (χ0v) is 13.2. The summed E-state index contributed by atoms with van der Waals surface area (Å²) in [5.41, 5.74) is 0.765. The molecule has 2 nitrogen and oxygen atoms in total. The molecule has 0 amide bonds. The van der Waals surface area contributed by atoms with Crippen molar-refractivity contribution < 1.29 is 9.53 Å². The van der Waals surface area contributed by atoms with Crippen LogP contribution in [0.1, 0.15) is 49.4 Å². The van der Waals surface area contributed by atoms with Crippen LogP contribution in [0.3, 0.4) is 0 Å². The molecule has 0 aromatic heterocycles. The van der Waals surface area contributed by atoms with Crippen molar-refractivity contribution in [2.24, 2.45) is 11.8 Å². The van der Waals surface area contributed by atoms with Crippen LogP contribution < -0.4 is 4.74 Å². The van der Waals surface area contributed by atoms with Crippen molar-refractivity contribution >= 4 is 21.7 Å². The molecule has 1 aromatic rings. The second-order valence-corrected chi connectivity index (χ2v) is 6.20. The lowest BCUT2D eigenvalue weighted by molar-refractivity contribution is 0.0861. The molecule has 2 rings (SSSR count). The fraction of sp³-hybridized carbons (Fsp3) is 0.562. The number of hydrogen-bond acceptors (Lipinski definition) is 2. The molecule has 0 N–H and O–H groups in total. The summed E-state index contributed by atoms with van der Waals surface area (Å²) in [6, 6.07) is 5.62. The minimum Gasteiger partial charge on any atom is -0.497 e. The molecule has 0 spiro atoms. The van der Waals surface area contributed by atoms with E-state index in [0.29, 0.717) is 5.92 Å². The lowest BCUT2D eigenvalue weighted by Gasteiger charge is -2.27. The number of benzene rings is 1. The molecule has 1 aromatic carbocycles. The molecule has 3 heteroatoms.